The molecular formula is C17H23NO3S. The molecule has 22 heavy (non-hydrogen) atoms. The summed E-state index contributed by atoms with van der Waals surface area (Å²) in [5, 5.41) is 12.2. The van der Waals surface area contributed by atoms with E-state index in [9.17, 15) is 14.7 Å². The van der Waals surface area contributed by atoms with Crippen LogP contribution in [0, 0.1) is 0 Å². The highest BCUT2D eigenvalue weighted by molar-refractivity contribution is 8.04. The predicted molar refractivity (Wildman–Crippen MR) is 92.2 cm³/mol. The van der Waals surface area contributed by atoms with Crippen LogP contribution in [-0.4, -0.2) is 22.5 Å². The summed E-state index contributed by atoms with van der Waals surface area (Å²) >= 11 is 1.05. The number of hydrogen-bond donors (Lipinski definition) is 2. The Morgan fingerprint density at radius 1 is 1.18 bits per heavy atom. The van der Waals surface area contributed by atoms with Gasteiger partial charge in [-0.05, 0) is 44.4 Å². The second kappa shape index (κ2) is 9.30. The maximum Gasteiger partial charge on any atom is 0.234 e. The second-order valence-electron chi connectivity index (χ2n) is 5.11. The lowest BCUT2D eigenvalue weighted by molar-refractivity contribution is -0.114. The number of amides is 1. The highest BCUT2D eigenvalue weighted by Gasteiger charge is 2.12. The Morgan fingerprint density at radius 3 is 2.32 bits per heavy atom. The Balaban J connectivity index is 2.51. The molecule has 0 heterocycles. The minimum Gasteiger partial charge on any atom is -0.511 e. The van der Waals surface area contributed by atoms with E-state index in [2.05, 4.69) is 12.2 Å². The minimum absolute atomic E-state index is 0.0504. The van der Waals surface area contributed by atoms with E-state index >= 15 is 0 Å². The SMILES string of the molecule is CCCCc1ccc(NC(=O)CS/C(C(C)=O)=C(\C)O)cc1. The quantitative estimate of drug-likeness (QED) is 0.559. The lowest BCUT2D eigenvalue weighted by Gasteiger charge is -2.07. The number of anilines is 1. The van der Waals surface area contributed by atoms with Gasteiger partial charge in [0.1, 0.15) is 5.76 Å². The van der Waals surface area contributed by atoms with Gasteiger partial charge in [-0.3, -0.25) is 9.59 Å². The monoisotopic (exact) mass is 321 g/mol. The molecular weight excluding hydrogens is 298 g/mol. The van der Waals surface area contributed by atoms with Gasteiger partial charge in [0.15, 0.2) is 5.78 Å². The normalized spacial score (nSPS) is 11.8. The molecule has 0 bridgehead atoms. The van der Waals surface area contributed by atoms with Crippen molar-refractivity contribution in [2.75, 3.05) is 11.1 Å². The molecule has 0 saturated heterocycles. The molecule has 0 atom stereocenters. The first kappa shape index (κ1) is 18.3. The van der Waals surface area contributed by atoms with Gasteiger partial charge >= 0.3 is 0 Å². The Bertz CT molecular complexity index is 546. The van der Waals surface area contributed by atoms with E-state index in [0.29, 0.717) is 0 Å². The number of aliphatic hydroxyl groups excluding tert-OH is 1. The average Bonchev–Trinajstić information content (AvgIpc) is 2.46. The molecule has 1 aromatic rings. The standard InChI is InChI=1S/C17H23NO3S/c1-4-5-6-14-7-9-15(10-8-14)18-16(21)11-22-17(12(2)19)13(3)20/h7-10,19H,4-6,11H2,1-3H3,(H,18,21)/b17-12+. The summed E-state index contributed by atoms with van der Waals surface area (Å²) in [6.45, 7) is 4.97. The molecule has 0 radical (unpaired) electrons. The number of carbonyl (C=O) groups excluding carboxylic acids is 2. The lowest BCUT2D eigenvalue weighted by Crippen LogP contribution is -2.15. The molecule has 0 saturated carbocycles. The van der Waals surface area contributed by atoms with Gasteiger partial charge in [0.25, 0.3) is 0 Å². The zero-order valence-corrected chi connectivity index (χ0v) is 14.1. The van der Waals surface area contributed by atoms with Gasteiger partial charge in [-0.2, -0.15) is 0 Å². The molecule has 0 aliphatic heterocycles. The van der Waals surface area contributed by atoms with Crippen LogP contribution in [0.5, 0.6) is 0 Å². The van der Waals surface area contributed by atoms with E-state index in [0.717, 1.165) is 36.7 Å². The minimum atomic E-state index is -0.238. The number of rotatable bonds is 8. The zero-order chi connectivity index (χ0) is 16.5. The fourth-order valence-electron chi connectivity index (χ4n) is 1.93. The van der Waals surface area contributed by atoms with E-state index in [1.54, 1.807) is 0 Å². The summed E-state index contributed by atoms with van der Waals surface area (Å²) in [5.41, 5.74) is 1.99. The third kappa shape index (κ3) is 6.35. The maximum absolute atomic E-state index is 11.9. The van der Waals surface area contributed by atoms with Crippen molar-refractivity contribution < 1.29 is 14.7 Å². The van der Waals surface area contributed by atoms with Crippen molar-refractivity contribution in [1.82, 2.24) is 0 Å². The van der Waals surface area contributed by atoms with Crippen molar-refractivity contribution in [3.63, 3.8) is 0 Å². The van der Waals surface area contributed by atoms with Crippen molar-refractivity contribution in [3.8, 4) is 0 Å². The van der Waals surface area contributed by atoms with E-state index < -0.39 is 0 Å². The lowest BCUT2D eigenvalue weighted by atomic mass is 10.1. The Labute approximate surface area is 136 Å². The van der Waals surface area contributed by atoms with Gasteiger partial charge in [-0.1, -0.05) is 25.5 Å². The van der Waals surface area contributed by atoms with Crippen molar-refractivity contribution in [3.05, 3.63) is 40.5 Å². The Hall–Kier alpha value is -1.75. The number of benzene rings is 1. The molecule has 0 aliphatic rings. The summed E-state index contributed by atoms with van der Waals surface area (Å²) in [5.74, 6) is -0.403. The Morgan fingerprint density at radius 2 is 1.82 bits per heavy atom. The van der Waals surface area contributed by atoms with E-state index in [-0.39, 0.29) is 28.1 Å². The first-order chi connectivity index (χ1) is 10.4. The van der Waals surface area contributed by atoms with Crippen LogP contribution < -0.4 is 5.32 Å². The molecule has 0 unspecified atom stereocenters. The molecule has 0 fully saturated rings. The van der Waals surface area contributed by atoms with Gasteiger partial charge in [-0.15, -0.1) is 11.8 Å². The van der Waals surface area contributed by atoms with Gasteiger partial charge in [0.05, 0.1) is 10.7 Å². The molecule has 0 spiro atoms. The number of allylic oxidation sites excluding steroid dienone is 2. The fourth-order valence-corrected chi connectivity index (χ4v) is 2.69. The maximum atomic E-state index is 11.9. The van der Waals surface area contributed by atoms with E-state index in [4.69, 9.17) is 0 Å². The van der Waals surface area contributed by atoms with Crippen LogP contribution in [0.25, 0.3) is 0 Å². The Kier molecular flexibility index (Phi) is 7.74. The number of aryl methyl sites for hydroxylation is 1. The third-order valence-corrected chi connectivity index (χ3v) is 4.33. The van der Waals surface area contributed by atoms with Crippen molar-refractivity contribution in [2.24, 2.45) is 0 Å². The number of thioether (sulfide) groups is 1. The van der Waals surface area contributed by atoms with Gasteiger partial charge in [0, 0.05) is 5.69 Å². The van der Waals surface area contributed by atoms with Crippen molar-refractivity contribution in [1.29, 1.82) is 0 Å². The van der Waals surface area contributed by atoms with Crippen LogP contribution in [-0.2, 0) is 16.0 Å². The molecule has 1 rings (SSSR count). The molecule has 0 aromatic heterocycles. The topological polar surface area (TPSA) is 66.4 Å². The highest BCUT2D eigenvalue weighted by Crippen LogP contribution is 2.20. The number of ketones is 1. The molecule has 1 amide bonds. The van der Waals surface area contributed by atoms with Crippen LogP contribution in [0.15, 0.2) is 34.9 Å². The first-order valence-electron chi connectivity index (χ1n) is 7.36. The molecule has 0 aliphatic carbocycles. The largest absolute Gasteiger partial charge is 0.511 e. The molecule has 120 valence electrons. The van der Waals surface area contributed by atoms with Crippen LogP contribution in [0.4, 0.5) is 5.69 Å². The highest BCUT2D eigenvalue weighted by atomic mass is 32.2. The fraction of sp³-hybridized carbons (Fsp3) is 0.412. The number of Topliss-reactive ketones (excluding diaryl/α,β-unsaturated/α-hetero) is 1. The number of aliphatic hydroxyl groups is 1. The molecule has 2 N–H and O–H groups in total. The van der Waals surface area contributed by atoms with Gasteiger partial charge < -0.3 is 10.4 Å². The zero-order valence-electron chi connectivity index (χ0n) is 13.3. The van der Waals surface area contributed by atoms with Crippen LogP contribution >= 0.6 is 11.8 Å². The third-order valence-electron chi connectivity index (χ3n) is 3.05. The number of hydrogen-bond acceptors (Lipinski definition) is 4. The average molecular weight is 321 g/mol. The summed E-state index contributed by atoms with van der Waals surface area (Å²) in [7, 11) is 0. The van der Waals surface area contributed by atoms with E-state index in [1.807, 2.05) is 24.3 Å². The summed E-state index contributed by atoms with van der Waals surface area (Å²) in [6.07, 6.45) is 3.36. The van der Waals surface area contributed by atoms with Crippen LogP contribution in [0.1, 0.15) is 39.2 Å². The van der Waals surface area contributed by atoms with Crippen molar-refractivity contribution in [2.45, 2.75) is 40.0 Å². The number of carbonyl (C=O) groups is 2. The summed E-state index contributed by atoms with van der Waals surface area (Å²) in [6, 6.07) is 7.79. The van der Waals surface area contributed by atoms with Crippen LogP contribution in [0.3, 0.4) is 0 Å². The predicted octanol–water partition coefficient (Wildman–Crippen LogP) is 4.08. The molecule has 1 aromatic carbocycles. The molecule has 4 nitrogen and oxygen atoms in total. The van der Waals surface area contributed by atoms with Crippen molar-refractivity contribution >= 4 is 29.1 Å². The number of unbranched alkanes of at least 4 members (excludes halogenated alkanes) is 1. The number of nitrogens with one attached hydrogen (secondary N) is 1. The smallest absolute Gasteiger partial charge is 0.234 e. The second-order valence-corrected chi connectivity index (χ2v) is 6.09. The van der Waals surface area contributed by atoms with E-state index in [1.165, 1.54) is 19.4 Å². The summed E-state index contributed by atoms with van der Waals surface area (Å²) < 4.78 is 0. The first-order valence-corrected chi connectivity index (χ1v) is 8.35. The van der Waals surface area contributed by atoms with Gasteiger partial charge in [0.2, 0.25) is 5.91 Å². The summed E-state index contributed by atoms with van der Waals surface area (Å²) in [4.78, 5) is 23.4. The van der Waals surface area contributed by atoms with Crippen LogP contribution in [0.2, 0.25) is 0 Å². The molecule has 5 heteroatoms. The van der Waals surface area contributed by atoms with Gasteiger partial charge in [-0.25, -0.2) is 0 Å².